The van der Waals surface area contributed by atoms with Crippen molar-refractivity contribution < 1.29 is 23.2 Å². The Balaban J connectivity index is 3.25. The van der Waals surface area contributed by atoms with E-state index in [-0.39, 0.29) is 0 Å². The highest BCUT2D eigenvalue weighted by Crippen LogP contribution is 2.18. The van der Waals surface area contributed by atoms with Gasteiger partial charge in [0.25, 0.3) is 0 Å². The van der Waals surface area contributed by atoms with Crippen molar-refractivity contribution in [2.24, 2.45) is 0 Å². The van der Waals surface area contributed by atoms with Crippen molar-refractivity contribution >= 4 is 14.8 Å². The summed E-state index contributed by atoms with van der Waals surface area (Å²) in [5, 5.41) is 8.56. The minimum Gasteiger partial charge on any atom is -0.481 e. The summed E-state index contributed by atoms with van der Waals surface area (Å²) in [5.74, 6) is -0.669. The lowest BCUT2D eigenvalue weighted by atomic mass is 10.0. The van der Waals surface area contributed by atoms with Crippen LogP contribution in [0.25, 0.3) is 0 Å². The van der Waals surface area contributed by atoms with E-state index in [4.69, 9.17) is 18.4 Å². The SMILES string of the molecule is CO[Si](CCCCCCCCCCCCCCCC(=O)O)(OC)OC. The molecule has 0 aromatic carbocycles. The molecule has 0 aliphatic heterocycles. The van der Waals surface area contributed by atoms with Gasteiger partial charge in [-0.2, -0.15) is 0 Å². The van der Waals surface area contributed by atoms with Gasteiger partial charge >= 0.3 is 14.8 Å². The molecule has 0 amide bonds. The molecular weight excluding hydrogens is 336 g/mol. The summed E-state index contributed by atoms with van der Waals surface area (Å²) < 4.78 is 16.3. The maximum Gasteiger partial charge on any atom is 0.500 e. The third kappa shape index (κ3) is 14.4. The van der Waals surface area contributed by atoms with Gasteiger partial charge in [-0.15, -0.1) is 0 Å². The minimum atomic E-state index is -2.35. The van der Waals surface area contributed by atoms with Crippen LogP contribution in [0.2, 0.25) is 6.04 Å². The van der Waals surface area contributed by atoms with Crippen LogP contribution in [0.5, 0.6) is 0 Å². The molecule has 25 heavy (non-hydrogen) atoms. The first-order chi connectivity index (χ1) is 12.1. The highest BCUT2D eigenvalue weighted by atomic mass is 28.4. The molecule has 0 saturated carbocycles. The van der Waals surface area contributed by atoms with Gasteiger partial charge in [0.1, 0.15) is 0 Å². The zero-order valence-electron chi connectivity index (χ0n) is 16.7. The largest absolute Gasteiger partial charge is 0.500 e. The van der Waals surface area contributed by atoms with Crippen molar-refractivity contribution in [2.75, 3.05) is 21.3 Å². The van der Waals surface area contributed by atoms with Crippen LogP contribution in [0.1, 0.15) is 89.9 Å². The van der Waals surface area contributed by atoms with Gasteiger partial charge in [-0.1, -0.05) is 70.6 Å². The van der Waals surface area contributed by atoms with Crippen LogP contribution in [-0.4, -0.2) is 41.2 Å². The highest BCUT2D eigenvalue weighted by molar-refractivity contribution is 6.60. The standard InChI is InChI=1S/C19H40O5Si/c1-22-25(23-2,24-3)18-16-14-12-10-8-6-4-5-7-9-11-13-15-17-19(20)21/h4-18H2,1-3H3,(H,20,21). The molecule has 0 rings (SSSR count). The van der Waals surface area contributed by atoms with Crippen molar-refractivity contribution in [3.05, 3.63) is 0 Å². The number of carboxylic acids is 1. The summed E-state index contributed by atoms with van der Waals surface area (Å²) in [5.41, 5.74) is 0. The van der Waals surface area contributed by atoms with Gasteiger partial charge in [0.2, 0.25) is 0 Å². The Morgan fingerprint density at radius 2 is 0.960 bits per heavy atom. The number of hydrogen-bond acceptors (Lipinski definition) is 4. The van der Waals surface area contributed by atoms with Crippen LogP contribution in [0.3, 0.4) is 0 Å². The number of carboxylic acid groups (broad SMARTS) is 1. The Morgan fingerprint density at radius 1 is 0.640 bits per heavy atom. The van der Waals surface area contributed by atoms with E-state index in [1.165, 1.54) is 64.2 Å². The molecule has 0 radical (unpaired) electrons. The predicted octanol–water partition coefficient (Wildman–Crippen LogP) is 5.41. The first-order valence-electron chi connectivity index (χ1n) is 9.97. The van der Waals surface area contributed by atoms with Crippen LogP contribution in [-0.2, 0) is 18.1 Å². The van der Waals surface area contributed by atoms with Crippen molar-refractivity contribution in [1.82, 2.24) is 0 Å². The Bertz CT molecular complexity index is 300. The fourth-order valence-electron chi connectivity index (χ4n) is 3.12. The molecule has 150 valence electrons. The molecule has 0 atom stereocenters. The highest BCUT2D eigenvalue weighted by Gasteiger charge is 2.36. The second-order valence-corrected chi connectivity index (χ2v) is 9.88. The molecule has 0 aliphatic carbocycles. The molecule has 0 aromatic heterocycles. The quantitative estimate of drug-likeness (QED) is 0.241. The average molecular weight is 377 g/mol. The lowest BCUT2D eigenvalue weighted by Gasteiger charge is -2.24. The lowest BCUT2D eigenvalue weighted by Crippen LogP contribution is -2.42. The maximum atomic E-state index is 10.4. The number of rotatable bonds is 19. The van der Waals surface area contributed by atoms with E-state index in [0.717, 1.165) is 25.3 Å². The smallest absolute Gasteiger partial charge is 0.481 e. The summed E-state index contributed by atoms with van der Waals surface area (Å²) >= 11 is 0. The normalized spacial score (nSPS) is 11.8. The second-order valence-electron chi connectivity index (χ2n) is 6.79. The Kier molecular flexibility index (Phi) is 16.7. The average Bonchev–Trinajstić information content (AvgIpc) is 2.62. The summed E-state index contributed by atoms with van der Waals surface area (Å²) in [4.78, 5) is 10.4. The van der Waals surface area contributed by atoms with Crippen molar-refractivity contribution in [2.45, 2.75) is 95.9 Å². The molecule has 6 heteroatoms. The summed E-state index contributed by atoms with van der Waals surface area (Å²) in [6.45, 7) is 0. The molecule has 5 nitrogen and oxygen atoms in total. The number of hydrogen-bond donors (Lipinski definition) is 1. The van der Waals surface area contributed by atoms with E-state index in [1.807, 2.05) is 0 Å². The van der Waals surface area contributed by atoms with Gasteiger partial charge in [-0.3, -0.25) is 4.79 Å². The second kappa shape index (κ2) is 17.0. The van der Waals surface area contributed by atoms with Gasteiger partial charge in [-0.25, -0.2) is 0 Å². The van der Waals surface area contributed by atoms with Gasteiger partial charge in [0.05, 0.1) is 0 Å². The fraction of sp³-hybridized carbons (Fsp3) is 0.947. The zero-order valence-corrected chi connectivity index (χ0v) is 17.7. The third-order valence-corrected chi connectivity index (χ3v) is 7.64. The first-order valence-corrected chi connectivity index (χ1v) is 11.9. The van der Waals surface area contributed by atoms with E-state index in [1.54, 1.807) is 21.3 Å². The van der Waals surface area contributed by atoms with Crippen LogP contribution in [0.4, 0.5) is 0 Å². The Labute approximate surface area is 155 Å². The molecule has 0 aromatic rings. The topological polar surface area (TPSA) is 65.0 Å². The van der Waals surface area contributed by atoms with Crippen LogP contribution < -0.4 is 0 Å². The molecule has 0 fully saturated rings. The fourth-order valence-corrected chi connectivity index (χ4v) is 4.91. The molecule has 0 saturated heterocycles. The molecule has 0 spiro atoms. The van der Waals surface area contributed by atoms with E-state index in [0.29, 0.717) is 6.42 Å². The Hall–Kier alpha value is -0.433. The molecule has 0 heterocycles. The Morgan fingerprint density at radius 3 is 1.28 bits per heavy atom. The summed E-state index contributed by atoms with van der Waals surface area (Å²) in [6.07, 6.45) is 16.2. The molecule has 0 unspecified atom stereocenters. The van der Waals surface area contributed by atoms with Gasteiger partial charge in [-0.05, 0) is 12.8 Å². The van der Waals surface area contributed by atoms with Gasteiger partial charge in [0, 0.05) is 33.8 Å². The summed E-state index contributed by atoms with van der Waals surface area (Å²) in [6, 6.07) is 0.906. The number of carbonyl (C=O) groups is 1. The van der Waals surface area contributed by atoms with Gasteiger partial charge in [0.15, 0.2) is 0 Å². The van der Waals surface area contributed by atoms with E-state index >= 15 is 0 Å². The van der Waals surface area contributed by atoms with E-state index < -0.39 is 14.8 Å². The first kappa shape index (κ1) is 24.6. The van der Waals surface area contributed by atoms with Crippen molar-refractivity contribution in [3.63, 3.8) is 0 Å². The number of aliphatic carboxylic acids is 1. The van der Waals surface area contributed by atoms with Crippen molar-refractivity contribution in [3.8, 4) is 0 Å². The van der Waals surface area contributed by atoms with Gasteiger partial charge < -0.3 is 18.4 Å². The van der Waals surface area contributed by atoms with Crippen molar-refractivity contribution in [1.29, 1.82) is 0 Å². The zero-order chi connectivity index (χ0) is 18.8. The minimum absolute atomic E-state index is 0.325. The molecule has 0 bridgehead atoms. The monoisotopic (exact) mass is 376 g/mol. The third-order valence-electron chi connectivity index (χ3n) is 4.81. The van der Waals surface area contributed by atoms with Crippen LogP contribution >= 0.6 is 0 Å². The number of unbranched alkanes of at least 4 members (excludes halogenated alkanes) is 12. The summed E-state index contributed by atoms with van der Waals surface area (Å²) in [7, 11) is 2.67. The maximum absolute atomic E-state index is 10.4. The van der Waals surface area contributed by atoms with Crippen LogP contribution in [0, 0.1) is 0 Å². The van der Waals surface area contributed by atoms with E-state index in [9.17, 15) is 4.79 Å². The van der Waals surface area contributed by atoms with E-state index in [2.05, 4.69) is 0 Å². The van der Waals surface area contributed by atoms with Crippen LogP contribution in [0.15, 0.2) is 0 Å². The molecule has 0 aliphatic rings. The lowest BCUT2D eigenvalue weighted by molar-refractivity contribution is -0.137. The molecule has 1 N–H and O–H groups in total. The predicted molar refractivity (Wildman–Crippen MR) is 104 cm³/mol. The molecular formula is C19H40O5Si.